The van der Waals surface area contributed by atoms with E-state index in [0.717, 1.165) is 25.7 Å². The Bertz CT molecular complexity index is 403. The first-order valence-electron chi connectivity index (χ1n) is 6.79. The largest absolute Gasteiger partial charge is 0.444 e. The standard InChI is InChI=1S/C13H22N4O2/c1-13(2,3)19-12(18)15-10-4-6-11(7-5-10)17-9-8-14-16-17/h8-11H,4-7H2,1-3H3,(H,15,18). The SMILES string of the molecule is CC(C)(C)OC(=O)NC1CCC(n2ccnn2)CC1. The number of amides is 1. The van der Waals surface area contributed by atoms with Crippen LogP contribution in [0.5, 0.6) is 0 Å². The van der Waals surface area contributed by atoms with Gasteiger partial charge in [-0.3, -0.25) is 0 Å². The molecule has 0 bridgehead atoms. The molecule has 0 saturated heterocycles. The highest BCUT2D eigenvalue weighted by molar-refractivity contribution is 5.68. The summed E-state index contributed by atoms with van der Waals surface area (Å²) in [5.74, 6) is 0. The number of nitrogens with one attached hydrogen (secondary N) is 1. The average molecular weight is 266 g/mol. The van der Waals surface area contributed by atoms with E-state index in [1.807, 2.05) is 31.6 Å². The topological polar surface area (TPSA) is 69.0 Å². The molecule has 6 heteroatoms. The number of carbonyl (C=O) groups is 1. The van der Waals surface area contributed by atoms with Gasteiger partial charge in [0.2, 0.25) is 0 Å². The number of hydrogen-bond acceptors (Lipinski definition) is 4. The van der Waals surface area contributed by atoms with E-state index in [1.165, 1.54) is 0 Å². The van der Waals surface area contributed by atoms with Crippen LogP contribution in [-0.2, 0) is 4.74 Å². The fourth-order valence-corrected chi connectivity index (χ4v) is 2.37. The second kappa shape index (κ2) is 5.59. The quantitative estimate of drug-likeness (QED) is 0.891. The fourth-order valence-electron chi connectivity index (χ4n) is 2.37. The molecule has 1 aliphatic carbocycles. The van der Waals surface area contributed by atoms with Crippen LogP contribution < -0.4 is 5.32 Å². The molecule has 1 aromatic heterocycles. The van der Waals surface area contributed by atoms with Crippen molar-refractivity contribution in [1.29, 1.82) is 0 Å². The third kappa shape index (κ3) is 4.22. The summed E-state index contributed by atoms with van der Waals surface area (Å²) in [4.78, 5) is 11.7. The Balaban J connectivity index is 1.76. The summed E-state index contributed by atoms with van der Waals surface area (Å²) in [7, 11) is 0. The van der Waals surface area contributed by atoms with E-state index >= 15 is 0 Å². The van der Waals surface area contributed by atoms with Crippen LogP contribution in [0.2, 0.25) is 0 Å². The third-order valence-electron chi connectivity index (χ3n) is 3.23. The van der Waals surface area contributed by atoms with Crippen molar-refractivity contribution >= 4 is 6.09 Å². The predicted molar refractivity (Wildman–Crippen MR) is 70.7 cm³/mol. The number of carbonyl (C=O) groups excluding carboxylic acids is 1. The second-order valence-electron chi connectivity index (χ2n) is 6.03. The zero-order valence-corrected chi connectivity index (χ0v) is 11.8. The number of ether oxygens (including phenoxy) is 1. The van der Waals surface area contributed by atoms with Gasteiger partial charge < -0.3 is 10.1 Å². The minimum absolute atomic E-state index is 0.203. The molecule has 0 unspecified atom stereocenters. The minimum Gasteiger partial charge on any atom is -0.444 e. The molecule has 106 valence electrons. The van der Waals surface area contributed by atoms with Gasteiger partial charge in [-0.15, -0.1) is 5.10 Å². The van der Waals surface area contributed by atoms with Gasteiger partial charge in [0.1, 0.15) is 5.60 Å². The smallest absolute Gasteiger partial charge is 0.407 e. The van der Waals surface area contributed by atoms with E-state index in [1.54, 1.807) is 6.20 Å². The van der Waals surface area contributed by atoms with Crippen LogP contribution in [0.25, 0.3) is 0 Å². The Morgan fingerprint density at radius 2 is 2.00 bits per heavy atom. The van der Waals surface area contributed by atoms with Crippen molar-refractivity contribution in [2.45, 2.75) is 64.1 Å². The van der Waals surface area contributed by atoms with E-state index < -0.39 is 5.60 Å². The highest BCUT2D eigenvalue weighted by Crippen LogP contribution is 2.27. The van der Waals surface area contributed by atoms with Gasteiger partial charge >= 0.3 is 6.09 Å². The van der Waals surface area contributed by atoms with Gasteiger partial charge in [0.05, 0.1) is 12.2 Å². The highest BCUT2D eigenvalue weighted by Gasteiger charge is 2.25. The lowest BCUT2D eigenvalue weighted by Gasteiger charge is -2.29. The lowest BCUT2D eigenvalue weighted by molar-refractivity contribution is 0.0487. The highest BCUT2D eigenvalue weighted by atomic mass is 16.6. The lowest BCUT2D eigenvalue weighted by Crippen LogP contribution is -2.41. The van der Waals surface area contributed by atoms with Crippen molar-refractivity contribution in [2.75, 3.05) is 0 Å². The maximum absolute atomic E-state index is 11.7. The maximum Gasteiger partial charge on any atom is 0.407 e. The van der Waals surface area contributed by atoms with Crippen molar-refractivity contribution in [3.8, 4) is 0 Å². The summed E-state index contributed by atoms with van der Waals surface area (Å²) in [6, 6.07) is 0.605. The normalized spacial score (nSPS) is 23.9. The molecule has 0 atom stereocenters. The molecule has 19 heavy (non-hydrogen) atoms. The van der Waals surface area contributed by atoms with Gasteiger partial charge in [-0.25, -0.2) is 9.48 Å². The van der Waals surface area contributed by atoms with Crippen LogP contribution in [0.1, 0.15) is 52.5 Å². The van der Waals surface area contributed by atoms with Crippen LogP contribution in [-0.4, -0.2) is 32.7 Å². The Hall–Kier alpha value is -1.59. The molecular weight excluding hydrogens is 244 g/mol. The van der Waals surface area contributed by atoms with Gasteiger partial charge in [-0.05, 0) is 46.5 Å². The summed E-state index contributed by atoms with van der Waals surface area (Å²) < 4.78 is 7.17. The monoisotopic (exact) mass is 266 g/mol. The molecule has 0 spiro atoms. The lowest BCUT2D eigenvalue weighted by atomic mass is 9.91. The van der Waals surface area contributed by atoms with Crippen molar-refractivity contribution in [3.05, 3.63) is 12.4 Å². The van der Waals surface area contributed by atoms with Gasteiger partial charge in [0.15, 0.2) is 0 Å². The van der Waals surface area contributed by atoms with Crippen molar-refractivity contribution in [3.63, 3.8) is 0 Å². The van der Waals surface area contributed by atoms with E-state index in [2.05, 4.69) is 15.6 Å². The molecule has 1 N–H and O–H groups in total. The molecule has 0 radical (unpaired) electrons. The Kier molecular flexibility index (Phi) is 4.07. The average Bonchev–Trinajstić information content (AvgIpc) is 2.80. The molecule has 1 saturated carbocycles. The molecule has 1 heterocycles. The Morgan fingerprint density at radius 3 is 2.53 bits per heavy atom. The number of aromatic nitrogens is 3. The zero-order chi connectivity index (χ0) is 13.9. The van der Waals surface area contributed by atoms with Crippen LogP contribution in [0.3, 0.4) is 0 Å². The van der Waals surface area contributed by atoms with Gasteiger partial charge in [-0.1, -0.05) is 5.21 Å². The molecule has 1 fully saturated rings. The maximum atomic E-state index is 11.7. The first-order valence-corrected chi connectivity index (χ1v) is 6.79. The van der Waals surface area contributed by atoms with E-state index in [9.17, 15) is 4.79 Å². The fraction of sp³-hybridized carbons (Fsp3) is 0.769. The molecule has 0 aliphatic heterocycles. The van der Waals surface area contributed by atoms with E-state index in [0.29, 0.717) is 6.04 Å². The van der Waals surface area contributed by atoms with Crippen LogP contribution in [0.15, 0.2) is 12.4 Å². The van der Waals surface area contributed by atoms with Crippen molar-refractivity contribution < 1.29 is 9.53 Å². The first-order chi connectivity index (χ1) is 8.94. The number of rotatable bonds is 2. The Morgan fingerprint density at radius 1 is 1.32 bits per heavy atom. The van der Waals surface area contributed by atoms with Gasteiger partial charge in [0.25, 0.3) is 0 Å². The third-order valence-corrected chi connectivity index (χ3v) is 3.23. The summed E-state index contributed by atoms with van der Waals surface area (Å²) in [6.45, 7) is 5.61. The van der Waals surface area contributed by atoms with E-state index in [-0.39, 0.29) is 12.1 Å². The van der Waals surface area contributed by atoms with Crippen LogP contribution in [0, 0.1) is 0 Å². The van der Waals surface area contributed by atoms with Crippen molar-refractivity contribution in [1.82, 2.24) is 20.3 Å². The summed E-state index contributed by atoms with van der Waals surface area (Å²) in [5.41, 5.74) is -0.442. The molecule has 2 rings (SSSR count). The first kappa shape index (κ1) is 13.8. The summed E-state index contributed by atoms with van der Waals surface area (Å²) >= 11 is 0. The zero-order valence-electron chi connectivity index (χ0n) is 11.8. The number of nitrogens with zero attached hydrogens (tertiary/aromatic N) is 3. The Labute approximate surface area is 113 Å². The number of hydrogen-bond donors (Lipinski definition) is 1. The molecule has 1 aromatic rings. The number of alkyl carbamates (subject to hydrolysis) is 1. The molecule has 1 aliphatic rings. The minimum atomic E-state index is -0.442. The van der Waals surface area contributed by atoms with Crippen LogP contribution in [0.4, 0.5) is 4.79 Å². The summed E-state index contributed by atoms with van der Waals surface area (Å²) in [6.07, 6.45) is 7.18. The second-order valence-corrected chi connectivity index (χ2v) is 6.03. The molecule has 1 amide bonds. The van der Waals surface area contributed by atoms with Crippen molar-refractivity contribution in [2.24, 2.45) is 0 Å². The molecule has 0 aromatic carbocycles. The van der Waals surface area contributed by atoms with Gasteiger partial charge in [0, 0.05) is 12.2 Å². The summed E-state index contributed by atoms with van der Waals surface area (Å²) in [5, 5.41) is 10.8. The van der Waals surface area contributed by atoms with Gasteiger partial charge in [-0.2, -0.15) is 0 Å². The molecular formula is C13H22N4O2. The van der Waals surface area contributed by atoms with E-state index in [4.69, 9.17) is 4.74 Å². The predicted octanol–water partition coefficient (Wildman–Crippen LogP) is 2.29. The van der Waals surface area contributed by atoms with Crippen LogP contribution >= 0.6 is 0 Å². The molecule has 6 nitrogen and oxygen atoms in total.